The number of ether oxygens (including phenoxy) is 1. The third-order valence-corrected chi connectivity index (χ3v) is 6.09. The summed E-state index contributed by atoms with van der Waals surface area (Å²) in [6.45, 7) is 4.00. The fourth-order valence-electron chi connectivity index (χ4n) is 4.10. The molecule has 2 N–H and O–H groups in total. The van der Waals surface area contributed by atoms with Crippen LogP contribution in [0.5, 0.6) is 0 Å². The van der Waals surface area contributed by atoms with E-state index in [1.54, 1.807) is 0 Å². The molecule has 2 heterocycles. The third-order valence-electron chi connectivity index (χ3n) is 6.09. The number of carbonyl (C=O) groups is 4. The maximum Gasteiger partial charge on any atom is 0.410 e. The molecule has 1 unspecified atom stereocenters. The van der Waals surface area contributed by atoms with Crippen LogP contribution in [-0.4, -0.2) is 70.6 Å². The molecule has 1 aromatic rings. The van der Waals surface area contributed by atoms with Crippen molar-refractivity contribution >= 4 is 23.9 Å². The third kappa shape index (κ3) is 4.98. The van der Waals surface area contributed by atoms with Crippen molar-refractivity contribution in [3.63, 3.8) is 0 Å². The highest BCUT2D eigenvalue weighted by molar-refractivity contribution is 5.92. The van der Waals surface area contributed by atoms with Crippen molar-refractivity contribution in [1.82, 2.24) is 15.1 Å². The van der Waals surface area contributed by atoms with Crippen LogP contribution < -0.4 is 5.32 Å². The van der Waals surface area contributed by atoms with E-state index in [9.17, 15) is 24.3 Å². The second-order valence-corrected chi connectivity index (χ2v) is 8.09. The van der Waals surface area contributed by atoms with Crippen molar-refractivity contribution < 1.29 is 29.0 Å². The summed E-state index contributed by atoms with van der Waals surface area (Å²) in [4.78, 5) is 52.4. The van der Waals surface area contributed by atoms with Crippen molar-refractivity contribution in [2.45, 2.75) is 51.2 Å². The average molecular weight is 431 g/mol. The molecule has 0 radical (unpaired) electrons. The molecule has 4 atom stereocenters. The van der Waals surface area contributed by atoms with Gasteiger partial charge in [0.25, 0.3) is 0 Å². The fraction of sp³-hybridized carbons (Fsp3) is 0.545. The van der Waals surface area contributed by atoms with Gasteiger partial charge in [0.2, 0.25) is 11.8 Å². The van der Waals surface area contributed by atoms with Gasteiger partial charge in [-0.3, -0.25) is 14.5 Å². The number of carboxylic acids is 1. The minimum Gasteiger partial charge on any atom is -0.480 e. The predicted octanol–water partition coefficient (Wildman–Crippen LogP) is 1.79. The molecule has 3 amide bonds. The summed E-state index contributed by atoms with van der Waals surface area (Å²) >= 11 is 0. The predicted molar refractivity (Wildman–Crippen MR) is 111 cm³/mol. The van der Waals surface area contributed by atoms with Gasteiger partial charge in [0.15, 0.2) is 0 Å². The number of amides is 3. The number of likely N-dealkylation sites (tertiary alicyclic amines) is 1. The highest BCUT2D eigenvalue weighted by atomic mass is 16.6. The Bertz CT molecular complexity index is 830. The number of hydrogen-bond donors (Lipinski definition) is 2. The Labute approximate surface area is 181 Å². The summed E-state index contributed by atoms with van der Waals surface area (Å²) in [5.74, 6) is -2.10. The average Bonchev–Trinajstić information content (AvgIpc) is 3.39. The molecular formula is C22H29N3O6. The molecule has 0 saturated carbocycles. The molecule has 0 spiro atoms. The molecule has 2 fully saturated rings. The maximum atomic E-state index is 13.1. The largest absolute Gasteiger partial charge is 0.480 e. The van der Waals surface area contributed by atoms with Crippen LogP contribution in [0.2, 0.25) is 0 Å². The van der Waals surface area contributed by atoms with E-state index in [1.807, 2.05) is 44.2 Å². The van der Waals surface area contributed by atoms with Crippen molar-refractivity contribution in [1.29, 1.82) is 0 Å². The van der Waals surface area contributed by atoms with E-state index >= 15 is 0 Å². The Hall–Kier alpha value is -3.10. The fourth-order valence-corrected chi connectivity index (χ4v) is 4.10. The lowest BCUT2D eigenvalue weighted by atomic mass is 9.97. The van der Waals surface area contributed by atoms with E-state index in [2.05, 4.69) is 5.32 Å². The van der Waals surface area contributed by atoms with Crippen LogP contribution in [0.15, 0.2) is 30.3 Å². The lowest BCUT2D eigenvalue weighted by Crippen LogP contribution is -2.55. The Morgan fingerprint density at radius 3 is 2.61 bits per heavy atom. The van der Waals surface area contributed by atoms with E-state index in [1.165, 1.54) is 9.80 Å². The highest BCUT2D eigenvalue weighted by Crippen LogP contribution is 2.27. The van der Waals surface area contributed by atoms with Crippen molar-refractivity contribution in [3.8, 4) is 0 Å². The minimum absolute atomic E-state index is 0.151. The van der Waals surface area contributed by atoms with E-state index < -0.39 is 36.0 Å². The van der Waals surface area contributed by atoms with Crippen molar-refractivity contribution in [2.24, 2.45) is 5.92 Å². The van der Waals surface area contributed by atoms with Gasteiger partial charge in [0.05, 0.1) is 6.04 Å². The normalized spacial score (nSPS) is 22.7. The molecule has 0 aliphatic carbocycles. The number of aliphatic carboxylic acids is 1. The van der Waals surface area contributed by atoms with E-state index in [0.29, 0.717) is 25.8 Å². The lowest BCUT2D eigenvalue weighted by molar-refractivity contribution is -0.150. The molecule has 2 aliphatic heterocycles. The minimum atomic E-state index is -1.04. The number of nitrogens with one attached hydrogen (secondary N) is 1. The molecule has 3 rings (SSSR count). The number of benzene rings is 1. The summed E-state index contributed by atoms with van der Waals surface area (Å²) in [5, 5.41) is 12.2. The molecule has 168 valence electrons. The molecular weight excluding hydrogens is 402 g/mol. The van der Waals surface area contributed by atoms with Gasteiger partial charge in [-0.05, 0) is 24.3 Å². The molecule has 0 bridgehead atoms. The number of hydrogen-bond acceptors (Lipinski definition) is 5. The van der Waals surface area contributed by atoms with E-state index in [4.69, 9.17) is 4.74 Å². The zero-order chi connectivity index (χ0) is 22.5. The first-order valence-electron chi connectivity index (χ1n) is 10.6. The number of rotatable bonds is 8. The zero-order valence-electron chi connectivity index (χ0n) is 17.8. The summed E-state index contributed by atoms with van der Waals surface area (Å²) in [6.07, 6.45) is 1.06. The lowest BCUT2D eigenvalue weighted by Gasteiger charge is -2.31. The van der Waals surface area contributed by atoms with Gasteiger partial charge in [-0.25, -0.2) is 9.59 Å². The molecule has 1 aromatic carbocycles. The Balaban J connectivity index is 1.71. The van der Waals surface area contributed by atoms with Crippen LogP contribution in [0.25, 0.3) is 0 Å². The van der Waals surface area contributed by atoms with E-state index in [0.717, 1.165) is 5.56 Å². The molecule has 9 nitrogen and oxygen atoms in total. The first kappa shape index (κ1) is 22.6. The van der Waals surface area contributed by atoms with E-state index in [-0.39, 0.29) is 25.1 Å². The van der Waals surface area contributed by atoms with Crippen LogP contribution in [-0.2, 0) is 19.1 Å². The first-order valence-corrected chi connectivity index (χ1v) is 10.6. The molecule has 2 saturated heterocycles. The topological polar surface area (TPSA) is 116 Å². The summed E-state index contributed by atoms with van der Waals surface area (Å²) in [6, 6.07) is 7.19. The Kier molecular flexibility index (Phi) is 7.14. The van der Waals surface area contributed by atoms with Crippen LogP contribution in [0.3, 0.4) is 0 Å². The number of carboxylic acid groups (broad SMARTS) is 1. The Morgan fingerprint density at radius 1 is 1.26 bits per heavy atom. The summed E-state index contributed by atoms with van der Waals surface area (Å²) < 4.78 is 5.14. The quantitative estimate of drug-likeness (QED) is 0.648. The highest BCUT2D eigenvalue weighted by Gasteiger charge is 2.40. The van der Waals surface area contributed by atoms with Gasteiger partial charge in [-0.15, -0.1) is 0 Å². The summed E-state index contributed by atoms with van der Waals surface area (Å²) in [5.41, 5.74) is 0.858. The van der Waals surface area contributed by atoms with Crippen molar-refractivity contribution in [2.75, 3.05) is 19.7 Å². The number of carbonyl (C=O) groups excluding carboxylic acids is 3. The van der Waals surface area contributed by atoms with Gasteiger partial charge in [-0.1, -0.05) is 50.6 Å². The zero-order valence-corrected chi connectivity index (χ0v) is 17.8. The monoisotopic (exact) mass is 431 g/mol. The maximum absolute atomic E-state index is 13.1. The smallest absolute Gasteiger partial charge is 0.410 e. The second kappa shape index (κ2) is 9.80. The van der Waals surface area contributed by atoms with Gasteiger partial charge in [0, 0.05) is 6.54 Å². The molecule has 9 heteroatoms. The van der Waals surface area contributed by atoms with Gasteiger partial charge >= 0.3 is 12.1 Å². The number of nitrogens with zero attached hydrogens (tertiary/aromatic N) is 2. The van der Waals surface area contributed by atoms with Gasteiger partial charge in [0.1, 0.15) is 25.2 Å². The molecule has 2 aliphatic rings. The molecule has 31 heavy (non-hydrogen) atoms. The van der Waals surface area contributed by atoms with Crippen LogP contribution in [0.4, 0.5) is 4.79 Å². The van der Waals surface area contributed by atoms with Crippen LogP contribution >= 0.6 is 0 Å². The second-order valence-electron chi connectivity index (χ2n) is 8.09. The first-order chi connectivity index (χ1) is 14.8. The van der Waals surface area contributed by atoms with Crippen LogP contribution in [0, 0.1) is 5.92 Å². The van der Waals surface area contributed by atoms with Crippen LogP contribution in [0.1, 0.15) is 44.7 Å². The standard InChI is InChI=1S/C22H29N3O6/c1-3-14(2)19(20(27)24-11-7-10-16(24)21(28)29)23-18(26)12-25-17(13-31-22(25)30)15-8-5-4-6-9-15/h4-6,8-9,14,16-17,19H,3,7,10-13H2,1-2H3,(H,23,26)(H,28,29)/t14-,16-,17?,19-/m0/s1. The molecule has 0 aromatic heterocycles. The van der Waals surface area contributed by atoms with Crippen molar-refractivity contribution in [3.05, 3.63) is 35.9 Å². The van der Waals surface area contributed by atoms with Gasteiger partial charge < -0.3 is 20.1 Å². The van der Waals surface area contributed by atoms with Gasteiger partial charge in [-0.2, -0.15) is 0 Å². The SMILES string of the molecule is CC[C@H](C)[C@H](NC(=O)CN1C(=O)OCC1c1ccccc1)C(=O)N1CCC[C@H]1C(=O)O. The number of cyclic esters (lactones) is 1. The Morgan fingerprint density at radius 2 is 1.97 bits per heavy atom. The summed E-state index contributed by atoms with van der Waals surface area (Å²) in [7, 11) is 0.